The van der Waals surface area contributed by atoms with Crippen LogP contribution in [0.4, 0.5) is 0 Å². The molecule has 0 heterocycles. The molecular formula is H12CuGaOSbSe2. The van der Waals surface area contributed by atoms with E-state index in [-0.39, 0.29) is 101 Å². The predicted octanol–water partition coefficient (Wildman–Crippen LogP) is -5.03. The summed E-state index contributed by atoms with van der Waals surface area (Å²) < 4.78 is 0. The second-order valence-corrected chi connectivity index (χ2v) is 0. The third-order valence-electron chi connectivity index (χ3n) is 0. The molecule has 0 aromatic carbocycles. The summed E-state index contributed by atoms with van der Waals surface area (Å²) in [4.78, 5) is 0. The topological polar surface area (TPSA) is 31.5 Å². The first-order valence-electron chi connectivity index (χ1n) is 0. The number of rotatable bonds is 0. The van der Waals surface area contributed by atoms with Gasteiger partial charge in [-0.1, -0.05) is 0 Å². The van der Waals surface area contributed by atoms with E-state index in [4.69, 9.17) is 0 Å². The van der Waals surface area contributed by atoms with E-state index >= 15 is 0 Å². The van der Waals surface area contributed by atoms with Gasteiger partial charge in [0, 0.05) is 17.1 Å². The van der Waals surface area contributed by atoms with Gasteiger partial charge in [-0.25, -0.2) is 0 Å². The van der Waals surface area contributed by atoms with Crippen LogP contribution in [0.1, 0.15) is 0 Å². The monoisotopic (exact) mass is 441 g/mol. The van der Waals surface area contributed by atoms with E-state index in [0.717, 1.165) is 0 Å². The Morgan fingerprint density at radius 3 is 0.833 bits per heavy atom. The van der Waals surface area contributed by atoms with Crippen LogP contribution in [0.15, 0.2) is 0 Å². The molecule has 0 aromatic rings. The van der Waals surface area contributed by atoms with Crippen LogP contribution in [0.5, 0.6) is 0 Å². The number of hydrogen-bond donors (Lipinski definition) is 0. The summed E-state index contributed by atoms with van der Waals surface area (Å²) in [6, 6.07) is 0. The maximum absolute atomic E-state index is 0. The average molecular weight is 441 g/mol. The van der Waals surface area contributed by atoms with E-state index in [0.29, 0.717) is 0 Å². The molecule has 0 aliphatic carbocycles. The van der Waals surface area contributed by atoms with E-state index in [2.05, 4.69) is 0 Å². The van der Waals surface area contributed by atoms with Crippen LogP contribution in [-0.4, -0.2) is 83.8 Å². The second-order valence-electron chi connectivity index (χ2n) is 0. The van der Waals surface area contributed by atoms with Crippen LogP contribution in [-0.2, 0) is 17.1 Å². The standard InChI is InChI=1S/Cu.Ga.H2O.Sb.2H2Se.6H/h;;1H2;;2*1H2;;;;;;. The van der Waals surface area contributed by atoms with E-state index in [1.807, 2.05) is 0 Å². The molecule has 2 N–H and O–H groups in total. The third-order valence-corrected chi connectivity index (χ3v) is 0. The van der Waals surface area contributed by atoms with Crippen molar-refractivity contribution in [3.05, 3.63) is 0 Å². The fourth-order valence-corrected chi connectivity index (χ4v) is 0. The van der Waals surface area contributed by atoms with Crippen LogP contribution in [0, 0.1) is 0 Å². The molecule has 0 aromatic heterocycles. The first kappa shape index (κ1) is 64.5. The van der Waals surface area contributed by atoms with Gasteiger partial charge in [0.1, 0.15) is 0 Å². The summed E-state index contributed by atoms with van der Waals surface area (Å²) in [5.41, 5.74) is 0. The molecule has 49 valence electrons. The van der Waals surface area contributed by atoms with Crippen LogP contribution < -0.4 is 0 Å². The van der Waals surface area contributed by atoms with Crippen LogP contribution in [0.3, 0.4) is 0 Å². The Morgan fingerprint density at radius 1 is 0.833 bits per heavy atom. The maximum atomic E-state index is 0. The zero-order valence-corrected chi connectivity index (χ0v) is 11.7. The van der Waals surface area contributed by atoms with Gasteiger partial charge in [0.15, 0.2) is 0 Å². The fourth-order valence-electron chi connectivity index (χ4n) is 0. The Balaban J connectivity index is 0. The van der Waals surface area contributed by atoms with Crippen LogP contribution >= 0.6 is 0 Å². The predicted molar refractivity (Wildman–Crippen MR) is 40.6 cm³/mol. The van der Waals surface area contributed by atoms with Crippen molar-refractivity contribution in [2.24, 2.45) is 0 Å². The van der Waals surface area contributed by atoms with Gasteiger partial charge in [-0.3, -0.25) is 0 Å². The zero-order chi connectivity index (χ0) is 0. The quantitative estimate of drug-likeness (QED) is 0.338. The molecule has 0 saturated carbocycles. The van der Waals surface area contributed by atoms with Crippen molar-refractivity contribution in [1.82, 2.24) is 0 Å². The number of hydrogen-bond acceptors (Lipinski definition) is 0. The van der Waals surface area contributed by atoms with Gasteiger partial charge in [-0.2, -0.15) is 0 Å². The summed E-state index contributed by atoms with van der Waals surface area (Å²) in [6.07, 6.45) is 0. The van der Waals surface area contributed by atoms with Gasteiger partial charge in [-0.05, 0) is 0 Å². The molecule has 0 amide bonds. The second kappa shape index (κ2) is 43.9. The molecule has 0 aliphatic heterocycles. The van der Waals surface area contributed by atoms with E-state index in [1.165, 1.54) is 0 Å². The third kappa shape index (κ3) is 28.1. The summed E-state index contributed by atoms with van der Waals surface area (Å²) in [5, 5.41) is 0. The van der Waals surface area contributed by atoms with Gasteiger partial charge in [0.2, 0.25) is 0 Å². The Bertz CT molecular complexity index is 13.5. The van der Waals surface area contributed by atoms with Crippen molar-refractivity contribution in [2.75, 3.05) is 0 Å². The van der Waals surface area contributed by atoms with Crippen molar-refractivity contribution in [3.8, 4) is 0 Å². The Labute approximate surface area is 99.4 Å². The Hall–Kier alpha value is 2.97. The fraction of sp³-hybridized carbons (Fsp3) is 0. The van der Waals surface area contributed by atoms with Crippen molar-refractivity contribution < 1.29 is 22.5 Å². The van der Waals surface area contributed by atoms with Crippen LogP contribution in [0.25, 0.3) is 0 Å². The first-order valence-corrected chi connectivity index (χ1v) is 0. The van der Waals surface area contributed by atoms with Crippen molar-refractivity contribution in [3.63, 3.8) is 0 Å². The minimum atomic E-state index is 0. The van der Waals surface area contributed by atoms with Crippen molar-refractivity contribution in [1.29, 1.82) is 0 Å². The van der Waals surface area contributed by atoms with E-state index in [1.54, 1.807) is 0 Å². The molecular weight excluding hydrogens is 429 g/mol. The molecule has 0 saturated heterocycles. The van der Waals surface area contributed by atoms with Gasteiger partial charge < -0.3 is 5.48 Å². The van der Waals surface area contributed by atoms with Crippen LogP contribution in [0.2, 0.25) is 0 Å². The molecule has 0 unspecified atom stereocenters. The molecule has 6 heavy (non-hydrogen) atoms. The van der Waals surface area contributed by atoms with Gasteiger partial charge in [0.05, 0.1) is 0 Å². The van der Waals surface area contributed by atoms with Crippen molar-refractivity contribution >= 4 is 78.4 Å². The summed E-state index contributed by atoms with van der Waals surface area (Å²) in [6.45, 7) is 0. The van der Waals surface area contributed by atoms with Gasteiger partial charge in [0.25, 0.3) is 0 Å². The molecule has 0 atom stereocenters. The van der Waals surface area contributed by atoms with E-state index in [9.17, 15) is 0 Å². The summed E-state index contributed by atoms with van der Waals surface area (Å²) >= 11 is 0. The van der Waals surface area contributed by atoms with Crippen molar-refractivity contribution in [2.45, 2.75) is 0 Å². The normalized spacial score (nSPS) is 0. The molecule has 0 rings (SSSR count). The SMILES string of the molecule is O.[Cu].[GaH3].[SbH3].[SeH2].[SeH2]. The van der Waals surface area contributed by atoms with Gasteiger partial charge >= 0.3 is 78.4 Å². The molecule has 1 radical (unpaired) electrons. The molecule has 6 heteroatoms. The minimum absolute atomic E-state index is 0. The molecule has 0 spiro atoms. The average Bonchev–Trinajstić information content (AvgIpc) is 0. The van der Waals surface area contributed by atoms with Gasteiger partial charge in [-0.15, -0.1) is 0 Å². The Morgan fingerprint density at radius 2 is 0.833 bits per heavy atom. The first-order chi connectivity index (χ1) is 0. The Kier molecular flexibility index (Phi) is 472. The summed E-state index contributed by atoms with van der Waals surface area (Å²) in [5.74, 6) is 0. The molecule has 0 fully saturated rings. The zero-order valence-electron chi connectivity index (χ0n) is 2.51. The molecule has 0 bridgehead atoms. The molecule has 1 nitrogen and oxygen atoms in total. The summed E-state index contributed by atoms with van der Waals surface area (Å²) in [7, 11) is 0. The van der Waals surface area contributed by atoms with E-state index < -0.39 is 0 Å². The molecule has 0 aliphatic rings.